The molecule has 1 fully saturated rings. The van der Waals surface area contributed by atoms with Crippen LogP contribution in [0.5, 0.6) is 0 Å². The highest BCUT2D eigenvalue weighted by molar-refractivity contribution is 9.10. The molecule has 0 aromatic carbocycles. The van der Waals surface area contributed by atoms with Gasteiger partial charge in [-0.3, -0.25) is 0 Å². The van der Waals surface area contributed by atoms with Crippen molar-refractivity contribution in [3.63, 3.8) is 0 Å². The van der Waals surface area contributed by atoms with E-state index in [1.807, 2.05) is 6.07 Å². The monoisotopic (exact) mass is 378 g/mol. The summed E-state index contributed by atoms with van der Waals surface area (Å²) in [7, 11) is -3.08. The van der Waals surface area contributed by atoms with Crippen molar-refractivity contribution in [3.05, 3.63) is 22.6 Å². The van der Waals surface area contributed by atoms with E-state index in [2.05, 4.69) is 28.2 Å². The highest BCUT2D eigenvalue weighted by atomic mass is 79.9. The summed E-state index contributed by atoms with van der Waals surface area (Å²) < 4.78 is 31.1. The standard InChI is InChI=1S/C14H23BrN2O3S/c1-3-16-13(12-6-8-20-14(12)15)9-11-5-4-7-17(10-11)21(2,18)19/h6,8,11,13,16H,3-5,7,9-10H2,1-2H3. The van der Waals surface area contributed by atoms with Gasteiger partial charge < -0.3 is 9.73 Å². The summed E-state index contributed by atoms with van der Waals surface area (Å²) in [5.41, 5.74) is 1.10. The Kier molecular flexibility index (Phi) is 5.88. The van der Waals surface area contributed by atoms with Gasteiger partial charge in [0, 0.05) is 24.7 Å². The molecule has 120 valence electrons. The molecule has 2 heterocycles. The zero-order valence-electron chi connectivity index (χ0n) is 12.5. The number of furan rings is 1. The van der Waals surface area contributed by atoms with Crippen LogP contribution in [0.25, 0.3) is 0 Å². The van der Waals surface area contributed by atoms with Crippen molar-refractivity contribution in [2.75, 3.05) is 25.9 Å². The van der Waals surface area contributed by atoms with E-state index in [1.165, 1.54) is 6.26 Å². The molecule has 0 radical (unpaired) electrons. The third-order valence-corrected chi connectivity index (χ3v) is 5.91. The van der Waals surface area contributed by atoms with Crippen molar-refractivity contribution in [1.29, 1.82) is 0 Å². The Morgan fingerprint density at radius 2 is 2.33 bits per heavy atom. The van der Waals surface area contributed by atoms with Gasteiger partial charge in [0.1, 0.15) is 0 Å². The minimum Gasteiger partial charge on any atom is -0.457 e. The summed E-state index contributed by atoms with van der Waals surface area (Å²) in [4.78, 5) is 0. The second-order valence-electron chi connectivity index (χ2n) is 5.62. The fourth-order valence-corrected chi connectivity index (χ4v) is 4.43. The van der Waals surface area contributed by atoms with E-state index in [9.17, 15) is 8.42 Å². The Balaban J connectivity index is 2.05. The van der Waals surface area contributed by atoms with E-state index in [0.717, 1.165) is 36.0 Å². The molecule has 0 spiro atoms. The predicted molar refractivity (Wildman–Crippen MR) is 86.6 cm³/mol. The predicted octanol–water partition coefficient (Wildman–Crippen LogP) is 2.75. The molecule has 5 nitrogen and oxygen atoms in total. The third kappa shape index (κ3) is 4.55. The van der Waals surface area contributed by atoms with Gasteiger partial charge in [-0.05, 0) is 53.7 Å². The Bertz CT molecular complexity index is 558. The minimum absolute atomic E-state index is 0.188. The lowest BCUT2D eigenvalue weighted by Gasteiger charge is -2.33. The summed E-state index contributed by atoms with van der Waals surface area (Å²) in [5.74, 6) is 0.374. The largest absolute Gasteiger partial charge is 0.457 e. The molecule has 0 saturated carbocycles. The van der Waals surface area contributed by atoms with Crippen LogP contribution in [0.1, 0.15) is 37.8 Å². The van der Waals surface area contributed by atoms with Crippen LogP contribution in [0, 0.1) is 5.92 Å². The number of hydrogen-bond donors (Lipinski definition) is 1. The molecule has 7 heteroatoms. The summed E-state index contributed by atoms with van der Waals surface area (Å²) in [6, 6.07) is 2.15. The maximum atomic E-state index is 11.7. The Morgan fingerprint density at radius 1 is 1.57 bits per heavy atom. The SMILES string of the molecule is CCNC(CC1CCCN(S(C)(=O)=O)C1)c1ccoc1Br. The van der Waals surface area contributed by atoms with Crippen molar-refractivity contribution in [3.8, 4) is 0 Å². The number of hydrogen-bond acceptors (Lipinski definition) is 4. The van der Waals surface area contributed by atoms with Gasteiger partial charge in [0.05, 0.1) is 12.5 Å². The second kappa shape index (κ2) is 7.26. The third-order valence-electron chi connectivity index (χ3n) is 3.99. The van der Waals surface area contributed by atoms with Gasteiger partial charge >= 0.3 is 0 Å². The van der Waals surface area contributed by atoms with Gasteiger partial charge in [0.25, 0.3) is 0 Å². The molecule has 1 aromatic heterocycles. The number of piperidine rings is 1. The van der Waals surface area contributed by atoms with Crippen LogP contribution in [0.4, 0.5) is 0 Å². The van der Waals surface area contributed by atoms with Crippen molar-refractivity contribution < 1.29 is 12.8 Å². The molecular weight excluding hydrogens is 356 g/mol. The molecule has 0 bridgehead atoms. The zero-order chi connectivity index (χ0) is 15.5. The van der Waals surface area contributed by atoms with Gasteiger partial charge in [-0.2, -0.15) is 0 Å². The Hall–Kier alpha value is -0.370. The molecule has 1 saturated heterocycles. The zero-order valence-corrected chi connectivity index (χ0v) is 14.9. The molecule has 2 rings (SSSR count). The molecule has 21 heavy (non-hydrogen) atoms. The van der Waals surface area contributed by atoms with Gasteiger partial charge in [-0.25, -0.2) is 12.7 Å². The highest BCUT2D eigenvalue weighted by Gasteiger charge is 2.28. The van der Waals surface area contributed by atoms with Crippen LogP contribution in [0.2, 0.25) is 0 Å². The molecule has 1 N–H and O–H groups in total. The maximum Gasteiger partial charge on any atom is 0.211 e. The lowest BCUT2D eigenvalue weighted by atomic mass is 9.90. The summed E-state index contributed by atoms with van der Waals surface area (Å²) in [6.45, 7) is 4.21. The molecule has 2 unspecified atom stereocenters. The van der Waals surface area contributed by atoms with Crippen LogP contribution in [-0.2, 0) is 10.0 Å². The molecule has 1 aliphatic heterocycles. The van der Waals surface area contributed by atoms with Crippen molar-refractivity contribution in [2.24, 2.45) is 5.92 Å². The van der Waals surface area contributed by atoms with Gasteiger partial charge in [-0.15, -0.1) is 0 Å². The molecule has 1 aromatic rings. The Morgan fingerprint density at radius 3 is 2.90 bits per heavy atom. The van der Waals surface area contributed by atoms with E-state index in [4.69, 9.17) is 4.42 Å². The first-order valence-corrected chi connectivity index (χ1v) is 9.97. The molecule has 0 amide bonds. The summed E-state index contributed by atoms with van der Waals surface area (Å²) in [6.07, 6.45) is 5.89. The average molecular weight is 379 g/mol. The van der Waals surface area contributed by atoms with Crippen LogP contribution in [0.3, 0.4) is 0 Å². The minimum atomic E-state index is -3.08. The van der Waals surface area contributed by atoms with Crippen molar-refractivity contribution in [1.82, 2.24) is 9.62 Å². The van der Waals surface area contributed by atoms with Gasteiger partial charge in [0.2, 0.25) is 10.0 Å². The highest BCUT2D eigenvalue weighted by Crippen LogP contribution is 2.32. The maximum absolute atomic E-state index is 11.7. The first-order chi connectivity index (χ1) is 9.91. The van der Waals surface area contributed by atoms with E-state index >= 15 is 0 Å². The van der Waals surface area contributed by atoms with Crippen LogP contribution >= 0.6 is 15.9 Å². The van der Waals surface area contributed by atoms with Crippen LogP contribution < -0.4 is 5.32 Å². The normalized spacial score (nSPS) is 22.3. The molecule has 2 atom stereocenters. The molecule has 0 aliphatic carbocycles. The molecular formula is C14H23BrN2O3S. The summed E-state index contributed by atoms with van der Waals surface area (Å²) in [5, 5.41) is 3.47. The number of sulfonamides is 1. The summed E-state index contributed by atoms with van der Waals surface area (Å²) >= 11 is 3.43. The van der Waals surface area contributed by atoms with Gasteiger partial charge in [-0.1, -0.05) is 6.92 Å². The van der Waals surface area contributed by atoms with Crippen LogP contribution in [-0.4, -0.2) is 38.6 Å². The fraction of sp³-hybridized carbons (Fsp3) is 0.714. The van der Waals surface area contributed by atoms with Crippen molar-refractivity contribution >= 4 is 26.0 Å². The van der Waals surface area contributed by atoms with E-state index in [-0.39, 0.29) is 6.04 Å². The Labute approximate surface area is 135 Å². The second-order valence-corrected chi connectivity index (χ2v) is 8.33. The lowest BCUT2D eigenvalue weighted by Crippen LogP contribution is -2.40. The van der Waals surface area contributed by atoms with Crippen LogP contribution in [0.15, 0.2) is 21.4 Å². The first-order valence-electron chi connectivity index (χ1n) is 7.33. The van der Waals surface area contributed by atoms with Gasteiger partial charge in [0.15, 0.2) is 4.67 Å². The van der Waals surface area contributed by atoms with Crippen molar-refractivity contribution in [2.45, 2.75) is 32.2 Å². The fourth-order valence-electron chi connectivity index (χ4n) is 2.97. The van der Waals surface area contributed by atoms with E-state index in [0.29, 0.717) is 19.0 Å². The molecule has 1 aliphatic rings. The quantitative estimate of drug-likeness (QED) is 0.826. The van der Waals surface area contributed by atoms with E-state index in [1.54, 1.807) is 10.6 Å². The average Bonchev–Trinajstić information content (AvgIpc) is 2.84. The number of nitrogens with one attached hydrogen (secondary N) is 1. The first kappa shape index (κ1) is 17.0. The lowest BCUT2D eigenvalue weighted by molar-refractivity contribution is 0.238. The smallest absolute Gasteiger partial charge is 0.211 e. The number of rotatable bonds is 6. The number of halogens is 1. The van der Waals surface area contributed by atoms with E-state index < -0.39 is 10.0 Å². The number of nitrogens with zero attached hydrogens (tertiary/aromatic N) is 1. The topological polar surface area (TPSA) is 62.6 Å².